The van der Waals surface area contributed by atoms with Crippen molar-refractivity contribution in [2.24, 2.45) is 0 Å². The Balaban J connectivity index is 1.65. The van der Waals surface area contributed by atoms with Crippen molar-refractivity contribution >= 4 is 30.1 Å². The van der Waals surface area contributed by atoms with Gasteiger partial charge in [0, 0.05) is 31.4 Å². The molecule has 11 heteroatoms. The Morgan fingerprint density at radius 1 is 0.838 bits per heavy atom. The monoisotopic (exact) mass is 514 g/mol. The molecule has 1 aliphatic carbocycles. The zero-order valence-corrected chi connectivity index (χ0v) is 19.7. The number of rotatable bonds is 8. The first-order valence-electron chi connectivity index (χ1n) is 11.1. The highest BCUT2D eigenvalue weighted by molar-refractivity contribution is 5.88. The molecule has 1 saturated carbocycles. The molecule has 3 atom stereocenters. The summed E-state index contributed by atoms with van der Waals surface area (Å²) >= 11 is 0. The van der Waals surface area contributed by atoms with Gasteiger partial charge in [0.1, 0.15) is 12.2 Å². The number of hydrogen-bond donors (Lipinski definition) is 5. The van der Waals surface area contributed by atoms with Gasteiger partial charge in [0.2, 0.25) is 0 Å². The molecule has 37 heavy (non-hydrogen) atoms. The minimum atomic E-state index is -2.29. The van der Waals surface area contributed by atoms with Crippen LogP contribution < -0.4 is 4.74 Å². The summed E-state index contributed by atoms with van der Waals surface area (Å²) in [7, 11) is 1.40. The lowest BCUT2D eigenvalue weighted by Crippen LogP contribution is -2.51. The van der Waals surface area contributed by atoms with Gasteiger partial charge in [-0.3, -0.25) is 0 Å². The summed E-state index contributed by atoms with van der Waals surface area (Å²) in [5, 5.41) is 48.7. The molecule has 0 spiro atoms. The molecule has 5 N–H and O–H groups in total. The van der Waals surface area contributed by atoms with Crippen LogP contribution in [0.4, 0.5) is 0 Å². The number of methoxy groups -OCH3 is 1. The first-order valence-corrected chi connectivity index (χ1v) is 11.1. The van der Waals surface area contributed by atoms with Crippen molar-refractivity contribution in [2.75, 3.05) is 7.11 Å². The van der Waals surface area contributed by atoms with Gasteiger partial charge >= 0.3 is 17.9 Å². The molecule has 11 nitrogen and oxygen atoms in total. The molecule has 1 fully saturated rings. The van der Waals surface area contributed by atoms with E-state index in [-0.39, 0.29) is 29.4 Å². The number of hydrogen-bond acceptors (Lipinski definition) is 10. The maximum atomic E-state index is 12.3. The normalized spacial score (nSPS) is 21.6. The van der Waals surface area contributed by atoms with E-state index in [2.05, 4.69) is 0 Å². The number of aliphatic hydroxyl groups is 1. The van der Waals surface area contributed by atoms with Gasteiger partial charge < -0.3 is 39.7 Å². The SMILES string of the molecule is COc1ccc(/C=C/C(=O)O[C@H]2C[C@H](OC(=O)/C=C/c3ccc(O)c(O)c3)C[C@](O)(C(=O)O)C2)cc1O. The van der Waals surface area contributed by atoms with Gasteiger partial charge in [0.05, 0.1) is 7.11 Å². The summed E-state index contributed by atoms with van der Waals surface area (Å²) in [6, 6.07) is 8.37. The minimum Gasteiger partial charge on any atom is -0.504 e. The fraction of sp³-hybridized carbons (Fsp3) is 0.269. The van der Waals surface area contributed by atoms with E-state index >= 15 is 0 Å². The molecule has 0 aromatic heterocycles. The second-order valence-electron chi connectivity index (χ2n) is 8.44. The van der Waals surface area contributed by atoms with Gasteiger partial charge in [-0.05, 0) is 47.5 Å². The number of carboxylic acids is 1. The largest absolute Gasteiger partial charge is 0.504 e. The number of ether oxygens (including phenoxy) is 3. The first kappa shape index (κ1) is 27.1. The number of phenolic OH excluding ortho intramolecular Hbond substituents is 3. The van der Waals surface area contributed by atoms with Crippen LogP contribution in [0.3, 0.4) is 0 Å². The molecule has 2 aromatic carbocycles. The molecular weight excluding hydrogens is 488 g/mol. The van der Waals surface area contributed by atoms with E-state index in [0.29, 0.717) is 11.1 Å². The summed E-state index contributed by atoms with van der Waals surface area (Å²) in [5.74, 6) is -3.80. The molecule has 1 aliphatic rings. The van der Waals surface area contributed by atoms with Gasteiger partial charge in [-0.15, -0.1) is 0 Å². The molecule has 0 radical (unpaired) electrons. The van der Waals surface area contributed by atoms with Gasteiger partial charge in [0.15, 0.2) is 28.6 Å². The van der Waals surface area contributed by atoms with E-state index in [0.717, 1.165) is 12.2 Å². The van der Waals surface area contributed by atoms with Gasteiger partial charge in [-0.1, -0.05) is 12.1 Å². The smallest absolute Gasteiger partial charge is 0.335 e. The lowest BCUT2D eigenvalue weighted by molar-refractivity contribution is -0.183. The average Bonchev–Trinajstić information content (AvgIpc) is 2.83. The molecule has 0 aliphatic heterocycles. The van der Waals surface area contributed by atoms with Crippen LogP contribution in [0.1, 0.15) is 30.4 Å². The first-order chi connectivity index (χ1) is 17.5. The number of carboxylic acid groups (broad SMARTS) is 1. The molecular formula is C26H26O11. The third kappa shape index (κ3) is 7.24. The standard InChI is InChI=1S/C26H26O11/c1-35-22-7-3-16(11-21(22)29)5-9-24(31)37-18-12-17(13-26(34,14-18)25(32)33)36-23(30)8-4-15-2-6-19(27)20(28)10-15/h2-11,17-18,27-29,34H,12-14H2,1H3,(H,32,33)/b8-4+,9-5+/t17-,18-,26+/m0/s1. The lowest BCUT2D eigenvalue weighted by Gasteiger charge is -2.37. The van der Waals surface area contributed by atoms with Crippen molar-refractivity contribution in [1.29, 1.82) is 0 Å². The van der Waals surface area contributed by atoms with Crippen LogP contribution in [0.2, 0.25) is 0 Å². The second-order valence-corrected chi connectivity index (χ2v) is 8.44. The number of benzene rings is 2. The van der Waals surface area contributed by atoms with Crippen molar-refractivity contribution < 1.29 is 54.1 Å². The number of aromatic hydroxyl groups is 3. The van der Waals surface area contributed by atoms with E-state index in [1.165, 1.54) is 49.6 Å². The Morgan fingerprint density at radius 3 is 1.81 bits per heavy atom. The third-order valence-corrected chi connectivity index (χ3v) is 5.65. The molecule has 3 rings (SSSR count). The average molecular weight is 514 g/mol. The minimum absolute atomic E-state index is 0.0436. The van der Waals surface area contributed by atoms with Gasteiger partial charge in [0.25, 0.3) is 0 Å². The third-order valence-electron chi connectivity index (χ3n) is 5.65. The summed E-state index contributed by atoms with van der Waals surface area (Å²) in [6.45, 7) is 0. The van der Waals surface area contributed by atoms with Crippen molar-refractivity contribution in [3.8, 4) is 23.0 Å². The highest BCUT2D eigenvalue weighted by Crippen LogP contribution is 2.33. The summed E-state index contributed by atoms with van der Waals surface area (Å²) < 4.78 is 15.5. The number of carbonyl (C=O) groups excluding carboxylic acids is 2. The second kappa shape index (κ2) is 11.5. The maximum absolute atomic E-state index is 12.3. The van der Waals surface area contributed by atoms with E-state index in [1.807, 2.05) is 0 Å². The number of aliphatic carboxylic acids is 1. The quantitative estimate of drug-likeness (QED) is 0.198. The molecule has 0 heterocycles. The molecule has 0 bridgehead atoms. The lowest BCUT2D eigenvalue weighted by atomic mass is 9.81. The zero-order valence-electron chi connectivity index (χ0n) is 19.7. The Morgan fingerprint density at radius 2 is 1.35 bits per heavy atom. The zero-order chi connectivity index (χ0) is 27.2. The highest BCUT2D eigenvalue weighted by Gasteiger charge is 2.47. The molecule has 196 valence electrons. The molecule has 0 amide bonds. The van der Waals surface area contributed by atoms with Crippen LogP contribution >= 0.6 is 0 Å². The Kier molecular flexibility index (Phi) is 8.41. The van der Waals surface area contributed by atoms with Crippen molar-refractivity contribution in [3.63, 3.8) is 0 Å². The molecule has 0 unspecified atom stereocenters. The predicted molar refractivity (Wildman–Crippen MR) is 129 cm³/mol. The van der Waals surface area contributed by atoms with E-state index < -0.39 is 48.6 Å². The van der Waals surface area contributed by atoms with E-state index in [1.54, 1.807) is 6.07 Å². The number of carbonyl (C=O) groups is 3. The summed E-state index contributed by atoms with van der Waals surface area (Å²) in [4.78, 5) is 36.3. The molecule has 2 aromatic rings. The van der Waals surface area contributed by atoms with Crippen LogP contribution in [-0.4, -0.2) is 68.4 Å². The summed E-state index contributed by atoms with van der Waals surface area (Å²) in [5.41, 5.74) is -1.42. The van der Waals surface area contributed by atoms with Crippen LogP contribution in [0.15, 0.2) is 48.6 Å². The van der Waals surface area contributed by atoms with Gasteiger partial charge in [-0.2, -0.15) is 0 Å². The van der Waals surface area contributed by atoms with Crippen molar-refractivity contribution in [3.05, 3.63) is 59.7 Å². The van der Waals surface area contributed by atoms with Crippen LogP contribution in [0.5, 0.6) is 23.0 Å². The van der Waals surface area contributed by atoms with Crippen LogP contribution in [0.25, 0.3) is 12.2 Å². The van der Waals surface area contributed by atoms with Crippen molar-refractivity contribution in [1.82, 2.24) is 0 Å². The Bertz CT molecular complexity index is 1230. The van der Waals surface area contributed by atoms with Crippen molar-refractivity contribution in [2.45, 2.75) is 37.1 Å². The predicted octanol–water partition coefficient (Wildman–Crippen LogP) is 2.36. The maximum Gasteiger partial charge on any atom is 0.335 e. The van der Waals surface area contributed by atoms with Crippen LogP contribution in [-0.2, 0) is 23.9 Å². The fourth-order valence-corrected chi connectivity index (χ4v) is 3.84. The van der Waals surface area contributed by atoms with E-state index in [4.69, 9.17) is 14.2 Å². The summed E-state index contributed by atoms with van der Waals surface area (Å²) in [6.07, 6.45) is 1.81. The van der Waals surface area contributed by atoms with E-state index in [9.17, 15) is 39.9 Å². The number of phenols is 3. The highest BCUT2D eigenvalue weighted by atomic mass is 16.6. The van der Waals surface area contributed by atoms with Gasteiger partial charge in [-0.25, -0.2) is 14.4 Å². The van der Waals surface area contributed by atoms with Crippen LogP contribution in [0, 0.1) is 0 Å². The fourth-order valence-electron chi connectivity index (χ4n) is 3.84. The molecule has 0 saturated heterocycles. The number of esters is 2. The Labute approximate surface area is 211 Å². The topological polar surface area (TPSA) is 180 Å². The Hall–Kier alpha value is -4.51.